The topological polar surface area (TPSA) is 20.2 Å². The summed E-state index contributed by atoms with van der Waals surface area (Å²) in [4.78, 5) is 2.43. The minimum atomic E-state index is -0.531. The van der Waals surface area contributed by atoms with Crippen molar-refractivity contribution in [3.63, 3.8) is 0 Å². The standard InChI is InChI=1S/C14H15BrOS/c1-8-4-5-11(7-13(8)15)14(16)12-6-9(2)17-10(12)3/h4-7,14,16H,1-3H3. The van der Waals surface area contributed by atoms with E-state index in [0.29, 0.717) is 0 Å². The van der Waals surface area contributed by atoms with Gasteiger partial charge in [-0.05, 0) is 49.6 Å². The molecule has 0 saturated carbocycles. The molecule has 0 amide bonds. The van der Waals surface area contributed by atoms with E-state index in [1.54, 1.807) is 11.3 Å². The van der Waals surface area contributed by atoms with Gasteiger partial charge < -0.3 is 5.11 Å². The number of hydrogen-bond acceptors (Lipinski definition) is 2. The van der Waals surface area contributed by atoms with Gasteiger partial charge in [-0.15, -0.1) is 11.3 Å². The van der Waals surface area contributed by atoms with Gasteiger partial charge in [0.15, 0.2) is 0 Å². The second-order valence-electron chi connectivity index (χ2n) is 4.28. The number of hydrogen-bond donors (Lipinski definition) is 1. The molecule has 1 N–H and O–H groups in total. The van der Waals surface area contributed by atoms with E-state index in [1.807, 2.05) is 25.1 Å². The summed E-state index contributed by atoms with van der Waals surface area (Å²) in [5.41, 5.74) is 3.13. The van der Waals surface area contributed by atoms with E-state index >= 15 is 0 Å². The van der Waals surface area contributed by atoms with E-state index in [4.69, 9.17) is 0 Å². The zero-order valence-corrected chi connectivity index (χ0v) is 12.5. The lowest BCUT2D eigenvalue weighted by Crippen LogP contribution is -2.00. The highest BCUT2D eigenvalue weighted by atomic mass is 79.9. The molecule has 0 radical (unpaired) electrons. The van der Waals surface area contributed by atoms with E-state index in [2.05, 4.69) is 35.8 Å². The van der Waals surface area contributed by atoms with Crippen molar-refractivity contribution in [2.45, 2.75) is 26.9 Å². The molecule has 1 heterocycles. The van der Waals surface area contributed by atoms with Crippen molar-refractivity contribution in [2.24, 2.45) is 0 Å². The van der Waals surface area contributed by atoms with Gasteiger partial charge in [-0.25, -0.2) is 0 Å². The van der Waals surface area contributed by atoms with Crippen molar-refractivity contribution in [3.05, 3.63) is 55.2 Å². The number of aliphatic hydroxyl groups excluding tert-OH is 1. The van der Waals surface area contributed by atoms with Gasteiger partial charge >= 0.3 is 0 Å². The van der Waals surface area contributed by atoms with Crippen molar-refractivity contribution in [3.8, 4) is 0 Å². The number of thiophene rings is 1. The Bertz CT molecular complexity index is 545. The van der Waals surface area contributed by atoms with Crippen LogP contribution in [0.2, 0.25) is 0 Å². The van der Waals surface area contributed by atoms with Crippen molar-refractivity contribution in [2.75, 3.05) is 0 Å². The van der Waals surface area contributed by atoms with Crippen LogP contribution in [0.4, 0.5) is 0 Å². The molecule has 0 saturated heterocycles. The molecule has 0 aliphatic rings. The molecule has 1 nitrogen and oxygen atoms in total. The van der Waals surface area contributed by atoms with Gasteiger partial charge in [-0.1, -0.05) is 28.1 Å². The monoisotopic (exact) mass is 310 g/mol. The lowest BCUT2D eigenvalue weighted by atomic mass is 10.0. The maximum absolute atomic E-state index is 10.4. The van der Waals surface area contributed by atoms with Gasteiger partial charge in [0.1, 0.15) is 6.10 Å². The first kappa shape index (κ1) is 12.8. The summed E-state index contributed by atoms with van der Waals surface area (Å²) in [5.74, 6) is 0. The van der Waals surface area contributed by atoms with Gasteiger partial charge in [0.2, 0.25) is 0 Å². The maximum atomic E-state index is 10.4. The molecule has 0 bridgehead atoms. The smallest absolute Gasteiger partial charge is 0.105 e. The lowest BCUT2D eigenvalue weighted by molar-refractivity contribution is 0.220. The van der Waals surface area contributed by atoms with E-state index < -0.39 is 6.10 Å². The van der Waals surface area contributed by atoms with E-state index in [9.17, 15) is 5.11 Å². The van der Waals surface area contributed by atoms with Crippen LogP contribution in [-0.2, 0) is 0 Å². The Kier molecular flexibility index (Phi) is 3.71. The Morgan fingerprint density at radius 2 is 1.88 bits per heavy atom. The summed E-state index contributed by atoms with van der Waals surface area (Å²) in [6.07, 6.45) is -0.531. The van der Waals surface area contributed by atoms with E-state index in [0.717, 1.165) is 15.6 Å². The van der Waals surface area contributed by atoms with Crippen LogP contribution in [0.3, 0.4) is 0 Å². The van der Waals surface area contributed by atoms with Crippen LogP contribution in [-0.4, -0.2) is 5.11 Å². The average Bonchev–Trinajstić information content (AvgIpc) is 2.61. The minimum Gasteiger partial charge on any atom is -0.384 e. The molecule has 1 atom stereocenters. The summed E-state index contributed by atoms with van der Waals surface area (Å²) in [6.45, 7) is 6.17. The Balaban J connectivity index is 2.40. The largest absolute Gasteiger partial charge is 0.384 e. The molecule has 1 aromatic heterocycles. The highest BCUT2D eigenvalue weighted by Crippen LogP contribution is 2.32. The Morgan fingerprint density at radius 3 is 2.41 bits per heavy atom. The van der Waals surface area contributed by atoms with Crippen LogP contribution in [0.25, 0.3) is 0 Å². The third kappa shape index (κ3) is 2.62. The number of aryl methyl sites for hydroxylation is 3. The van der Waals surface area contributed by atoms with Crippen LogP contribution in [0.15, 0.2) is 28.7 Å². The van der Waals surface area contributed by atoms with Gasteiger partial charge in [-0.2, -0.15) is 0 Å². The predicted molar refractivity (Wildman–Crippen MR) is 76.7 cm³/mol. The van der Waals surface area contributed by atoms with Crippen LogP contribution >= 0.6 is 27.3 Å². The molecule has 1 unspecified atom stereocenters. The predicted octanol–water partition coefficient (Wildman–Crippen LogP) is 4.52. The molecule has 2 rings (SSSR count). The van der Waals surface area contributed by atoms with Crippen molar-refractivity contribution in [1.82, 2.24) is 0 Å². The van der Waals surface area contributed by atoms with Gasteiger partial charge in [-0.3, -0.25) is 0 Å². The van der Waals surface area contributed by atoms with E-state index in [1.165, 1.54) is 15.3 Å². The highest BCUT2D eigenvalue weighted by Gasteiger charge is 2.15. The van der Waals surface area contributed by atoms with Crippen LogP contribution < -0.4 is 0 Å². The quantitative estimate of drug-likeness (QED) is 0.864. The Hall–Kier alpha value is -0.640. The number of rotatable bonds is 2. The number of benzene rings is 1. The first-order valence-corrected chi connectivity index (χ1v) is 7.11. The SMILES string of the molecule is Cc1cc(C(O)c2ccc(C)c(Br)c2)c(C)s1. The maximum Gasteiger partial charge on any atom is 0.105 e. The van der Waals surface area contributed by atoms with Crippen molar-refractivity contribution in [1.29, 1.82) is 0 Å². The van der Waals surface area contributed by atoms with Gasteiger partial charge in [0.25, 0.3) is 0 Å². The zero-order chi connectivity index (χ0) is 12.6. The molecule has 90 valence electrons. The van der Waals surface area contributed by atoms with Crippen LogP contribution in [0.1, 0.15) is 32.5 Å². The Morgan fingerprint density at radius 1 is 1.18 bits per heavy atom. The summed E-state index contributed by atoms with van der Waals surface area (Å²) in [7, 11) is 0. The molecule has 1 aromatic carbocycles. The summed E-state index contributed by atoms with van der Waals surface area (Å²) < 4.78 is 1.04. The second-order valence-corrected chi connectivity index (χ2v) is 6.59. The molecular weight excluding hydrogens is 296 g/mol. The minimum absolute atomic E-state index is 0.531. The zero-order valence-electron chi connectivity index (χ0n) is 10.1. The summed E-state index contributed by atoms with van der Waals surface area (Å²) >= 11 is 5.23. The molecule has 3 heteroatoms. The summed E-state index contributed by atoms with van der Waals surface area (Å²) in [6, 6.07) is 8.07. The average molecular weight is 311 g/mol. The first-order valence-electron chi connectivity index (χ1n) is 5.50. The third-order valence-corrected chi connectivity index (χ3v) is 4.72. The highest BCUT2D eigenvalue weighted by molar-refractivity contribution is 9.10. The molecule has 0 spiro atoms. The van der Waals surface area contributed by atoms with Crippen molar-refractivity contribution < 1.29 is 5.11 Å². The Labute approximate surface area is 114 Å². The van der Waals surface area contributed by atoms with Gasteiger partial charge in [0.05, 0.1) is 0 Å². The van der Waals surface area contributed by atoms with Crippen LogP contribution in [0, 0.1) is 20.8 Å². The molecule has 2 aromatic rings. The van der Waals surface area contributed by atoms with Crippen LogP contribution in [0.5, 0.6) is 0 Å². The first-order chi connectivity index (χ1) is 7.99. The normalized spacial score (nSPS) is 12.8. The molecule has 0 aliphatic carbocycles. The third-order valence-electron chi connectivity index (χ3n) is 2.89. The summed E-state index contributed by atoms with van der Waals surface area (Å²) in [5, 5.41) is 10.4. The lowest BCUT2D eigenvalue weighted by Gasteiger charge is -2.12. The fourth-order valence-corrected chi connectivity index (χ4v) is 3.23. The van der Waals surface area contributed by atoms with Crippen molar-refractivity contribution >= 4 is 27.3 Å². The second kappa shape index (κ2) is 4.92. The number of halogens is 1. The molecular formula is C14H15BrOS. The fourth-order valence-electron chi connectivity index (χ4n) is 1.88. The molecule has 17 heavy (non-hydrogen) atoms. The van der Waals surface area contributed by atoms with E-state index in [-0.39, 0.29) is 0 Å². The molecule has 0 fully saturated rings. The fraction of sp³-hybridized carbons (Fsp3) is 0.286. The number of aliphatic hydroxyl groups is 1. The van der Waals surface area contributed by atoms with Gasteiger partial charge in [0, 0.05) is 14.2 Å². The molecule has 0 aliphatic heterocycles.